The van der Waals surface area contributed by atoms with Gasteiger partial charge >= 0.3 is 13.6 Å². The Bertz CT molecular complexity index is 188. The summed E-state index contributed by atoms with van der Waals surface area (Å²) in [6.07, 6.45) is 0.0666. The molecule has 0 aliphatic heterocycles. The van der Waals surface area contributed by atoms with E-state index in [0.29, 0.717) is 6.54 Å². The van der Waals surface area contributed by atoms with Gasteiger partial charge in [0.1, 0.15) is 0 Å². The Labute approximate surface area is 69.8 Å². The van der Waals surface area contributed by atoms with Crippen molar-refractivity contribution in [3.63, 3.8) is 0 Å². The highest BCUT2D eigenvalue weighted by Gasteiger charge is 2.10. The molecular formula is C5H12NO5P. The van der Waals surface area contributed by atoms with E-state index in [9.17, 15) is 9.36 Å². The minimum absolute atomic E-state index is 0.179. The molecule has 7 heteroatoms. The van der Waals surface area contributed by atoms with Crippen LogP contribution in [0.2, 0.25) is 0 Å². The quantitative estimate of drug-likeness (QED) is 0.329. The summed E-state index contributed by atoms with van der Waals surface area (Å²) in [6, 6.07) is 0. The van der Waals surface area contributed by atoms with Gasteiger partial charge < -0.3 is 20.2 Å². The molecule has 6 nitrogen and oxygen atoms in total. The molecule has 0 atom stereocenters. The summed E-state index contributed by atoms with van der Waals surface area (Å²) >= 11 is 0. The third-order valence-corrected chi connectivity index (χ3v) is 1.98. The Balaban J connectivity index is 3.23. The van der Waals surface area contributed by atoms with Gasteiger partial charge in [-0.05, 0) is 13.0 Å². The van der Waals surface area contributed by atoms with Crippen molar-refractivity contribution < 1.29 is 24.3 Å². The first-order valence-electron chi connectivity index (χ1n) is 3.39. The molecule has 0 aromatic carbocycles. The predicted octanol–water partition coefficient (Wildman–Crippen LogP) is -0.772. The van der Waals surface area contributed by atoms with Gasteiger partial charge in [0.2, 0.25) is 0 Å². The lowest BCUT2D eigenvalue weighted by Gasteiger charge is -2.03. The topological polar surface area (TPSA) is 107 Å². The molecule has 0 heterocycles. The zero-order chi connectivity index (χ0) is 9.61. The van der Waals surface area contributed by atoms with E-state index in [1.807, 2.05) is 0 Å². The van der Waals surface area contributed by atoms with Crippen LogP contribution in [-0.2, 0) is 9.36 Å². The molecule has 72 valence electrons. The molecule has 0 saturated heterocycles. The van der Waals surface area contributed by atoms with E-state index in [1.54, 1.807) is 0 Å². The van der Waals surface area contributed by atoms with E-state index in [2.05, 4.69) is 5.32 Å². The zero-order valence-corrected chi connectivity index (χ0v) is 7.33. The largest absolute Gasteiger partial charge is 0.480 e. The normalized spacial score (nSPS) is 11.5. The first-order chi connectivity index (χ1) is 5.42. The highest BCUT2D eigenvalue weighted by molar-refractivity contribution is 7.51. The van der Waals surface area contributed by atoms with Gasteiger partial charge in [0.05, 0.1) is 12.7 Å². The number of hydrogen-bond acceptors (Lipinski definition) is 3. The van der Waals surface area contributed by atoms with Gasteiger partial charge in [-0.25, -0.2) is 0 Å². The maximum atomic E-state index is 10.3. The summed E-state index contributed by atoms with van der Waals surface area (Å²) in [5, 5.41) is 10.7. The number of carboxylic acid groups (broad SMARTS) is 1. The summed E-state index contributed by atoms with van der Waals surface area (Å²) in [5.74, 6) is -0.980. The molecule has 0 saturated carbocycles. The molecule has 0 aliphatic carbocycles. The summed E-state index contributed by atoms with van der Waals surface area (Å²) in [4.78, 5) is 26.7. The third kappa shape index (κ3) is 9.58. The van der Waals surface area contributed by atoms with Gasteiger partial charge in [0.25, 0.3) is 0 Å². The average Bonchev–Trinajstić information content (AvgIpc) is 1.83. The molecular weight excluding hydrogens is 185 g/mol. The molecule has 0 bridgehead atoms. The first kappa shape index (κ1) is 11.6. The SMILES string of the molecule is O=C(O)CNCCCP(=O)(O)O. The van der Waals surface area contributed by atoms with Gasteiger partial charge in [0, 0.05) is 0 Å². The Kier molecular flexibility index (Phi) is 5.08. The summed E-state index contributed by atoms with van der Waals surface area (Å²) in [6.45, 7) is 0.124. The van der Waals surface area contributed by atoms with E-state index in [0.717, 1.165) is 0 Å². The Hall–Kier alpha value is -0.420. The van der Waals surface area contributed by atoms with Crippen molar-refractivity contribution in [3.8, 4) is 0 Å². The second-order valence-electron chi connectivity index (χ2n) is 2.31. The lowest BCUT2D eigenvalue weighted by atomic mass is 10.5. The van der Waals surface area contributed by atoms with Gasteiger partial charge in [-0.15, -0.1) is 0 Å². The highest BCUT2D eigenvalue weighted by atomic mass is 31.2. The number of rotatable bonds is 6. The average molecular weight is 197 g/mol. The number of carbonyl (C=O) groups is 1. The molecule has 4 N–H and O–H groups in total. The van der Waals surface area contributed by atoms with Crippen LogP contribution in [0.5, 0.6) is 0 Å². The highest BCUT2D eigenvalue weighted by Crippen LogP contribution is 2.34. The Morgan fingerprint density at radius 1 is 1.42 bits per heavy atom. The summed E-state index contributed by atoms with van der Waals surface area (Å²) in [5.41, 5.74) is 0. The van der Waals surface area contributed by atoms with E-state index >= 15 is 0 Å². The van der Waals surface area contributed by atoms with Crippen LogP contribution in [-0.4, -0.2) is 40.1 Å². The molecule has 0 spiro atoms. The molecule has 0 aliphatic rings. The second-order valence-corrected chi connectivity index (χ2v) is 4.09. The van der Waals surface area contributed by atoms with E-state index in [1.165, 1.54) is 0 Å². The maximum absolute atomic E-state index is 10.3. The fraction of sp³-hybridized carbons (Fsp3) is 0.800. The number of aliphatic carboxylic acids is 1. The van der Waals surface area contributed by atoms with Crippen molar-refractivity contribution in [2.24, 2.45) is 0 Å². The van der Waals surface area contributed by atoms with Crippen molar-refractivity contribution in [2.75, 3.05) is 19.3 Å². The Morgan fingerprint density at radius 2 is 2.00 bits per heavy atom. The van der Waals surface area contributed by atoms with Gasteiger partial charge in [-0.1, -0.05) is 0 Å². The summed E-state index contributed by atoms with van der Waals surface area (Å²) < 4.78 is 10.3. The molecule has 0 radical (unpaired) electrons. The maximum Gasteiger partial charge on any atom is 0.325 e. The molecule has 0 unspecified atom stereocenters. The van der Waals surface area contributed by atoms with Crippen molar-refractivity contribution in [3.05, 3.63) is 0 Å². The number of hydrogen-bond donors (Lipinski definition) is 4. The molecule has 0 amide bonds. The Morgan fingerprint density at radius 3 is 2.42 bits per heavy atom. The zero-order valence-electron chi connectivity index (χ0n) is 6.43. The molecule has 12 heavy (non-hydrogen) atoms. The van der Waals surface area contributed by atoms with Crippen LogP contribution in [0.3, 0.4) is 0 Å². The van der Waals surface area contributed by atoms with Gasteiger partial charge in [-0.2, -0.15) is 0 Å². The van der Waals surface area contributed by atoms with Crippen LogP contribution >= 0.6 is 7.60 Å². The van der Waals surface area contributed by atoms with Crippen molar-refractivity contribution in [2.45, 2.75) is 6.42 Å². The fourth-order valence-electron chi connectivity index (χ4n) is 0.605. The first-order valence-corrected chi connectivity index (χ1v) is 5.18. The van der Waals surface area contributed by atoms with E-state index in [-0.39, 0.29) is 19.1 Å². The van der Waals surface area contributed by atoms with E-state index < -0.39 is 13.6 Å². The smallest absolute Gasteiger partial charge is 0.325 e. The lowest BCUT2D eigenvalue weighted by molar-refractivity contribution is -0.135. The van der Waals surface area contributed by atoms with Crippen LogP contribution in [0.1, 0.15) is 6.42 Å². The standard InChI is InChI=1S/C5H12NO5P/c7-5(8)4-6-2-1-3-12(9,10)11/h6H,1-4H2,(H,7,8)(H2,9,10,11). The minimum Gasteiger partial charge on any atom is -0.480 e. The van der Waals surface area contributed by atoms with Gasteiger partial charge in [0.15, 0.2) is 0 Å². The van der Waals surface area contributed by atoms with Gasteiger partial charge in [-0.3, -0.25) is 9.36 Å². The lowest BCUT2D eigenvalue weighted by Crippen LogP contribution is -2.23. The molecule has 0 rings (SSSR count). The number of carboxylic acids is 1. The third-order valence-electron chi connectivity index (χ3n) is 1.08. The molecule has 0 aromatic rings. The van der Waals surface area contributed by atoms with E-state index in [4.69, 9.17) is 14.9 Å². The van der Waals surface area contributed by atoms with Crippen LogP contribution in [0.25, 0.3) is 0 Å². The minimum atomic E-state index is -3.92. The van der Waals surface area contributed by atoms with Crippen LogP contribution in [0.4, 0.5) is 0 Å². The van der Waals surface area contributed by atoms with Crippen LogP contribution in [0.15, 0.2) is 0 Å². The van der Waals surface area contributed by atoms with Crippen molar-refractivity contribution >= 4 is 13.6 Å². The predicted molar refractivity (Wildman–Crippen MR) is 42.0 cm³/mol. The molecule has 0 aromatic heterocycles. The summed E-state index contributed by atoms with van der Waals surface area (Å²) in [7, 11) is -3.92. The molecule has 0 fully saturated rings. The van der Waals surface area contributed by atoms with Crippen molar-refractivity contribution in [1.29, 1.82) is 0 Å². The van der Waals surface area contributed by atoms with Crippen LogP contribution in [0, 0.1) is 0 Å². The monoisotopic (exact) mass is 197 g/mol. The van der Waals surface area contributed by atoms with Crippen LogP contribution < -0.4 is 5.32 Å². The second kappa shape index (κ2) is 5.27. The fourth-order valence-corrected chi connectivity index (χ4v) is 1.18. The number of nitrogens with one attached hydrogen (secondary N) is 1. The van der Waals surface area contributed by atoms with Crippen molar-refractivity contribution in [1.82, 2.24) is 5.32 Å².